The number of fused-ring (bicyclic) bond motifs is 2. The third kappa shape index (κ3) is 4.22. The van der Waals surface area contributed by atoms with Crippen LogP contribution in [-0.2, 0) is 11.2 Å². The first-order chi connectivity index (χ1) is 13.6. The zero-order chi connectivity index (χ0) is 19.5. The molecule has 1 amide bonds. The van der Waals surface area contributed by atoms with Crippen molar-refractivity contribution in [2.24, 2.45) is 0 Å². The fraction of sp³-hybridized carbons (Fsp3) is 0.286. The summed E-state index contributed by atoms with van der Waals surface area (Å²) in [4.78, 5) is 23.7. The molecule has 2 heterocycles. The number of amides is 1. The van der Waals surface area contributed by atoms with Gasteiger partial charge in [0.2, 0.25) is 5.91 Å². The van der Waals surface area contributed by atoms with Gasteiger partial charge in [0.25, 0.3) is 0 Å². The van der Waals surface area contributed by atoms with E-state index in [0.29, 0.717) is 13.1 Å². The second kappa shape index (κ2) is 8.34. The molecular formula is C21H22N4OS2. The number of benzene rings is 2. The lowest BCUT2D eigenvalue weighted by Gasteiger charge is -2.22. The topological polar surface area (TPSA) is 58.1 Å². The molecule has 0 radical (unpaired) electrons. The highest BCUT2D eigenvalue weighted by molar-refractivity contribution is 7.18. The lowest BCUT2D eigenvalue weighted by Crippen LogP contribution is -2.37. The summed E-state index contributed by atoms with van der Waals surface area (Å²) < 4.78 is 2.37. The zero-order valence-electron chi connectivity index (χ0n) is 15.9. The van der Waals surface area contributed by atoms with E-state index in [4.69, 9.17) is 4.98 Å². The van der Waals surface area contributed by atoms with Gasteiger partial charge in [0.05, 0.1) is 38.0 Å². The highest BCUT2D eigenvalue weighted by Gasteiger charge is 2.18. The SMILES string of the molecule is CC(c1nc2ccccc2s1)N(C)CC(=O)NCCc1nc2ccccc2s1. The van der Waals surface area contributed by atoms with E-state index < -0.39 is 0 Å². The van der Waals surface area contributed by atoms with E-state index in [9.17, 15) is 4.79 Å². The minimum atomic E-state index is 0.0246. The number of rotatable bonds is 7. The Bertz CT molecular complexity index is 1040. The lowest BCUT2D eigenvalue weighted by molar-refractivity contribution is -0.122. The molecule has 2 aromatic carbocycles. The van der Waals surface area contributed by atoms with Crippen LogP contribution in [0.5, 0.6) is 0 Å². The summed E-state index contributed by atoms with van der Waals surface area (Å²) in [6.07, 6.45) is 0.752. The number of nitrogens with one attached hydrogen (secondary N) is 1. The van der Waals surface area contributed by atoms with Crippen LogP contribution in [0.1, 0.15) is 23.0 Å². The second-order valence-electron chi connectivity index (χ2n) is 6.79. The van der Waals surface area contributed by atoms with Gasteiger partial charge in [-0.1, -0.05) is 24.3 Å². The van der Waals surface area contributed by atoms with Crippen molar-refractivity contribution in [3.63, 3.8) is 0 Å². The molecule has 0 aliphatic carbocycles. The fourth-order valence-corrected chi connectivity index (χ4v) is 5.06. The summed E-state index contributed by atoms with van der Waals surface area (Å²) in [7, 11) is 1.96. The molecule has 4 aromatic rings. The molecule has 28 heavy (non-hydrogen) atoms. The monoisotopic (exact) mass is 410 g/mol. The molecule has 5 nitrogen and oxygen atoms in total. The van der Waals surface area contributed by atoms with Crippen LogP contribution in [0.4, 0.5) is 0 Å². The van der Waals surface area contributed by atoms with Crippen molar-refractivity contribution in [1.29, 1.82) is 0 Å². The summed E-state index contributed by atoms with van der Waals surface area (Å²) in [5, 5.41) is 5.10. The summed E-state index contributed by atoms with van der Waals surface area (Å²) >= 11 is 3.37. The van der Waals surface area contributed by atoms with Gasteiger partial charge in [0.15, 0.2) is 0 Å². The molecule has 0 saturated carbocycles. The van der Waals surface area contributed by atoms with Gasteiger partial charge in [-0.15, -0.1) is 22.7 Å². The smallest absolute Gasteiger partial charge is 0.234 e. The number of hydrogen-bond acceptors (Lipinski definition) is 6. The minimum absolute atomic E-state index is 0.0246. The van der Waals surface area contributed by atoms with E-state index in [0.717, 1.165) is 27.5 Å². The first kappa shape index (κ1) is 19.0. The lowest BCUT2D eigenvalue weighted by atomic mass is 10.3. The number of carbonyl (C=O) groups excluding carboxylic acids is 1. The van der Waals surface area contributed by atoms with Gasteiger partial charge in [-0.3, -0.25) is 9.69 Å². The molecular weight excluding hydrogens is 388 g/mol. The number of likely N-dealkylation sites (N-methyl/N-ethyl adjacent to an activating group) is 1. The Kier molecular flexibility index (Phi) is 5.66. The average molecular weight is 411 g/mol. The number of nitrogens with zero attached hydrogens (tertiary/aromatic N) is 3. The van der Waals surface area contributed by atoms with Crippen LogP contribution in [0, 0.1) is 0 Å². The van der Waals surface area contributed by atoms with Crippen molar-refractivity contribution in [3.05, 3.63) is 58.5 Å². The van der Waals surface area contributed by atoms with Gasteiger partial charge in [0, 0.05) is 13.0 Å². The van der Waals surface area contributed by atoms with Crippen LogP contribution in [0.3, 0.4) is 0 Å². The number of aromatic nitrogens is 2. The molecule has 0 aliphatic rings. The average Bonchev–Trinajstić information content (AvgIpc) is 3.30. The van der Waals surface area contributed by atoms with Gasteiger partial charge < -0.3 is 5.32 Å². The third-order valence-electron chi connectivity index (χ3n) is 4.72. The minimum Gasteiger partial charge on any atom is -0.355 e. The van der Waals surface area contributed by atoms with Crippen LogP contribution in [0.15, 0.2) is 48.5 Å². The Morgan fingerprint density at radius 2 is 1.68 bits per heavy atom. The van der Waals surface area contributed by atoms with E-state index in [1.807, 2.05) is 48.3 Å². The van der Waals surface area contributed by atoms with Gasteiger partial charge in [-0.25, -0.2) is 9.97 Å². The van der Waals surface area contributed by atoms with Gasteiger partial charge in [-0.2, -0.15) is 0 Å². The molecule has 0 aliphatic heterocycles. The van der Waals surface area contributed by atoms with Crippen LogP contribution in [0.25, 0.3) is 20.4 Å². The first-order valence-corrected chi connectivity index (χ1v) is 10.9. The van der Waals surface area contributed by atoms with Crippen molar-refractivity contribution < 1.29 is 4.79 Å². The number of carbonyl (C=O) groups is 1. The van der Waals surface area contributed by atoms with Crippen molar-refractivity contribution in [2.75, 3.05) is 20.1 Å². The summed E-state index contributed by atoms with van der Waals surface area (Å²) in [6, 6.07) is 16.3. The fourth-order valence-electron chi connectivity index (χ4n) is 3.01. The Hall–Kier alpha value is -2.35. The maximum atomic E-state index is 12.3. The molecule has 144 valence electrons. The maximum Gasteiger partial charge on any atom is 0.234 e. The van der Waals surface area contributed by atoms with Crippen molar-refractivity contribution in [1.82, 2.24) is 20.2 Å². The normalized spacial score (nSPS) is 12.7. The molecule has 1 atom stereocenters. The Balaban J connectivity index is 1.28. The molecule has 1 N–H and O–H groups in total. The van der Waals surface area contributed by atoms with Gasteiger partial charge in [-0.05, 0) is 38.2 Å². The molecule has 0 fully saturated rings. The summed E-state index contributed by atoms with van der Waals surface area (Å²) in [5.74, 6) is 0.0246. The Labute approximate surface area is 172 Å². The molecule has 0 spiro atoms. The van der Waals surface area contributed by atoms with Crippen LogP contribution >= 0.6 is 22.7 Å². The molecule has 2 aromatic heterocycles. The van der Waals surface area contributed by atoms with E-state index in [1.54, 1.807) is 22.7 Å². The molecule has 7 heteroatoms. The van der Waals surface area contributed by atoms with E-state index >= 15 is 0 Å². The standard InChI is InChI=1S/C21H22N4OS2/c1-14(21-24-16-8-4-6-10-18(16)28-21)25(2)13-19(26)22-12-11-20-23-15-7-3-5-9-17(15)27-20/h3-10,14H,11-13H2,1-2H3,(H,22,26). The highest BCUT2D eigenvalue weighted by atomic mass is 32.1. The molecule has 1 unspecified atom stereocenters. The van der Waals surface area contributed by atoms with E-state index in [-0.39, 0.29) is 11.9 Å². The maximum absolute atomic E-state index is 12.3. The number of thiazole rings is 2. The number of hydrogen-bond donors (Lipinski definition) is 1. The van der Waals surface area contributed by atoms with Crippen molar-refractivity contribution >= 4 is 49.0 Å². The van der Waals surface area contributed by atoms with E-state index in [2.05, 4.69) is 29.4 Å². The molecule has 0 bridgehead atoms. The van der Waals surface area contributed by atoms with Crippen LogP contribution < -0.4 is 5.32 Å². The van der Waals surface area contributed by atoms with E-state index in [1.165, 1.54) is 9.40 Å². The molecule has 4 rings (SSSR count). The molecule has 0 saturated heterocycles. The Morgan fingerprint density at radius 3 is 2.36 bits per heavy atom. The van der Waals surface area contributed by atoms with Crippen LogP contribution in [-0.4, -0.2) is 40.9 Å². The third-order valence-corrected chi connectivity index (χ3v) is 7.02. The van der Waals surface area contributed by atoms with Gasteiger partial charge >= 0.3 is 0 Å². The summed E-state index contributed by atoms with van der Waals surface area (Å²) in [5.41, 5.74) is 2.04. The van der Waals surface area contributed by atoms with Crippen LogP contribution in [0.2, 0.25) is 0 Å². The first-order valence-electron chi connectivity index (χ1n) is 9.27. The summed E-state index contributed by atoms with van der Waals surface area (Å²) in [6.45, 7) is 3.03. The van der Waals surface area contributed by atoms with Gasteiger partial charge in [0.1, 0.15) is 5.01 Å². The Morgan fingerprint density at radius 1 is 1.04 bits per heavy atom. The quantitative estimate of drug-likeness (QED) is 0.495. The highest BCUT2D eigenvalue weighted by Crippen LogP contribution is 2.28. The van der Waals surface area contributed by atoms with Crippen molar-refractivity contribution in [3.8, 4) is 0 Å². The predicted octanol–water partition coefficient (Wildman–Crippen LogP) is 4.26. The second-order valence-corrected chi connectivity index (χ2v) is 8.96. The van der Waals surface area contributed by atoms with Crippen molar-refractivity contribution in [2.45, 2.75) is 19.4 Å². The zero-order valence-corrected chi connectivity index (χ0v) is 17.5. The largest absolute Gasteiger partial charge is 0.355 e. The predicted molar refractivity (Wildman–Crippen MR) is 117 cm³/mol. The number of para-hydroxylation sites is 2.